The van der Waals surface area contributed by atoms with Crippen LogP contribution in [0.1, 0.15) is 36.9 Å². The van der Waals surface area contributed by atoms with Gasteiger partial charge in [-0.05, 0) is 25.8 Å². The topological polar surface area (TPSA) is 29.9 Å². The first-order chi connectivity index (χ1) is 7.27. The Balaban J connectivity index is 1.66. The number of aromatic nitrogens is 2. The molecule has 0 amide bonds. The third kappa shape index (κ3) is 2.59. The van der Waals surface area contributed by atoms with Crippen LogP contribution >= 0.6 is 0 Å². The quantitative estimate of drug-likeness (QED) is 0.748. The molecule has 0 unspecified atom stereocenters. The second-order valence-electron chi connectivity index (χ2n) is 4.64. The third-order valence-electron chi connectivity index (χ3n) is 3.61. The molecule has 1 aliphatic rings. The van der Waals surface area contributed by atoms with E-state index in [1.165, 1.54) is 36.9 Å². The standard InChI is InChI=1S/C12H21N3/c1-10-12(9-14-15(10)2)8-13-7-6-11-4-3-5-11/h9,11,13H,3-8H2,1-2H3. The minimum absolute atomic E-state index is 0.965. The lowest BCUT2D eigenvalue weighted by molar-refractivity contribution is 0.292. The number of rotatable bonds is 5. The summed E-state index contributed by atoms with van der Waals surface area (Å²) in [5.74, 6) is 1.01. The minimum atomic E-state index is 0.965. The zero-order chi connectivity index (χ0) is 10.7. The summed E-state index contributed by atoms with van der Waals surface area (Å²) >= 11 is 0. The largest absolute Gasteiger partial charge is 0.313 e. The van der Waals surface area contributed by atoms with E-state index in [1.54, 1.807) is 0 Å². The molecule has 1 heterocycles. The summed E-state index contributed by atoms with van der Waals surface area (Å²) in [5, 5.41) is 7.74. The fourth-order valence-corrected chi connectivity index (χ4v) is 2.03. The highest BCUT2D eigenvalue weighted by atomic mass is 15.3. The molecule has 1 aromatic rings. The van der Waals surface area contributed by atoms with Crippen LogP contribution in [0.5, 0.6) is 0 Å². The van der Waals surface area contributed by atoms with E-state index < -0.39 is 0 Å². The van der Waals surface area contributed by atoms with Gasteiger partial charge >= 0.3 is 0 Å². The van der Waals surface area contributed by atoms with Crippen molar-refractivity contribution in [3.63, 3.8) is 0 Å². The Bertz CT molecular complexity index is 313. The smallest absolute Gasteiger partial charge is 0.0537 e. The summed E-state index contributed by atoms with van der Waals surface area (Å²) in [6.45, 7) is 4.24. The Morgan fingerprint density at radius 2 is 2.33 bits per heavy atom. The molecule has 3 nitrogen and oxygen atoms in total. The van der Waals surface area contributed by atoms with Gasteiger partial charge in [0.1, 0.15) is 0 Å². The van der Waals surface area contributed by atoms with Crippen LogP contribution in [0.3, 0.4) is 0 Å². The van der Waals surface area contributed by atoms with Crippen LogP contribution in [0, 0.1) is 12.8 Å². The highest BCUT2D eigenvalue weighted by Crippen LogP contribution is 2.28. The van der Waals surface area contributed by atoms with Gasteiger partial charge in [0.2, 0.25) is 0 Å². The van der Waals surface area contributed by atoms with Gasteiger partial charge in [-0.15, -0.1) is 0 Å². The van der Waals surface area contributed by atoms with Crippen LogP contribution in [0.15, 0.2) is 6.20 Å². The first-order valence-electron chi connectivity index (χ1n) is 5.95. The van der Waals surface area contributed by atoms with Crippen molar-refractivity contribution in [3.8, 4) is 0 Å². The third-order valence-corrected chi connectivity index (χ3v) is 3.61. The number of hydrogen-bond acceptors (Lipinski definition) is 2. The normalized spacial score (nSPS) is 16.7. The average Bonchev–Trinajstić information content (AvgIpc) is 2.46. The van der Waals surface area contributed by atoms with Gasteiger partial charge in [-0.3, -0.25) is 4.68 Å². The number of nitrogens with zero attached hydrogens (tertiary/aromatic N) is 2. The van der Waals surface area contributed by atoms with Gasteiger partial charge in [0.15, 0.2) is 0 Å². The molecule has 15 heavy (non-hydrogen) atoms. The lowest BCUT2D eigenvalue weighted by Crippen LogP contribution is -2.21. The van der Waals surface area contributed by atoms with Crippen molar-refractivity contribution in [1.29, 1.82) is 0 Å². The number of hydrogen-bond donors (Lipinski definition) is 1. The number of nitrogens with one attached hydrogen (secondary N) is 1. The van der Waals surface area contributed by atoms with Gasteiger partial charge in [0, 0.05) is 24.8 Å². The predicted molar refractivity (Wildman–Crippen MR) is 61.6 cm³/mol. The van der Waals surface area contributed by atoms with E-state index in [-0.39, 0.29) is 0 Å². The Morgan fingerprint density at radius 3 is 2.87 bits per heavy atom. The summed E-state index contributed by atoms with van der Waals surface area (Å²) in [6, 6.07) is 0. The zero-order valence-corrected chi connectivity index (χ0v) is 9.79. The van der Waals surface area contributed by atoms with Crippen LogP contribution in [0.25, 0.3) is 0 Å². The fourth-order valence-electron chi connectivity index (χ4n) is 2.03. The van der Waals surface area contributed by atoms with E-state index >= 15 is 0 Å². The molecule has 3 heteroatoms. The van der Waals surface area contributed by atoms with E-state index in [4.69, 9.17) is 0 Å². The lowest BCUT2D eigenvalue weighted by Gasteiger charge is -2.25. The van der Waals surface area contributed by atoms with Crippen LogP contribution in [0.2, 0.25) is 0 Å². The second kappa shape index (κ2) is 4.79. The zero-order valence-electron chi connectivity index (χ0n) is 9.79. The maximum Gasteiger partial charge on any atom is 0.0537 e. The maximum atomic E-state index is 4.23. The van der Waals surface area contributed by atoms with Gasteiger partial charge < -0.3 is 5.32 Å². The van der Waals surface area contributed by atoms with Crippen LogP contribution in [0.4, 0.5) is 0 Å². The van der Waals surface area contributed by atoms with E-state index in [0.29, 0.717) is 0 Å². The van der Waals surface area contributed by atoms with Crippen molar-refractivity contribution in [2.75, 3.05) is 6.54 Å². The average molecular weight is 207 g/mol. The molecule has 1 aliphatic carbocycles. The van der Waals surface area contributed by atoms with Crippen molar-refractivity contribution in [2.45, 2.75) is 39.2 Å². The van der Waals surface area contributed by atoms with Gasteiger partial charge in [0.25, 0.3) is 0 Å². The molecule has 84 valence electrons. The Kier molecular flexibility index (Phi) is 3.41. The van der Waals surface area contributed by atoms with Crippen LogP contribution in [-0.2, 0) is 13.6 Å². The summed E-state index contributed by atoms with van der Waals surface area (Å²) in [7, 11) is 1.99. The molecule has 0 aromatic carbocycles. The summed E-state index contributed by atoms with van der Waals surface area (Å²) in [4.78, 5) is 0. The molecular weight excluding hydrogens is 186 g/mol. The Morgan fingerprint density at radius 1 is 1.53 bits per heavy atom. The van der Waals surface area contributed by atoms with Crippen molar-refractivity contribution in [1.82, 2.24) is 15.1 Å². The highest BCUT2D eigenvalue weighted by molar-refractivity contribution is 5.15. The van der Waals surface area contributed by atoms with Crippen molar-refractivity contribution < 1.29 is 0 Å². The molecule has 0 atom stereocenters. The van der Waals surface area contributed by atoms with Gasteiger partial charge in [0.05, 0.1) is 6.20 Å². The Hall–Kier alpha value is -0.830. The molecule has 1 N–H and O–H groups in total. The summed E-state index contributed by atoms with van der Waals surface area (Å²) < 4.78 is 1.93. The monoisotopic (exact) mass is 207 g/mol. The second-order valence-corrected chi connectivity index (χ2v) is 4.64. The summed E-state index contributed by atoms with van der Waals surface area (Å²) in [5.41, 5.74) is 2.59. The molecule has 0 saturated heterocycles. The molecule has 0 spiro atoms. The molecule has 0 radical (unpaired) electrons. The maximum absolute atomic E-state index is 4.23. The number of aryl methyl sites for hydroxylation is 1. The molecule has 1 fully saturated rings. The predicted octanol–water partition coefficient (Wildman–Crippen LogP) is 2.01. The molecular formula is C12H21N3. The van der Waals surface area contributed by atoms with Crippen molar-refractivity contribution >= 4 is 0 Å². The van der Waals surface area contributed by atoms with E-state index in [1.807, 2.05) is 17.9 Å². The van der Waals surface area contributed by atoms with Gasteiger partial charge in [-0.25, -0.2) is 0 Å². The van der Waals surface area contributed by atoms with E-state index in [0.717, 1.165) is 19.0 Å². The molecule has 2 rings (SSSR count). The molecule has 0 bridgehead atoms. The first kappa shape index (κ1) is 10.7. The lowest BCUT2D eigenvalue weighted by atomic mass is 9.83. The van der Waals surface area contributed by atoms with Crippen LogP contribution in [-0.4, -0.2) is 16.3 Å². The molecule has 1 saturated carbocycles. The summed E-state index contributed by atoms with van der Waals surface area (Å²) in [6.07, 6.45) is 7.67. The first-order valence-corrected chi connectivity index (χ1v) is 5.95. The van der Waals surface area contributed by atoms with E-state index in [2.05, 4.69) is 17.3 Å². The minimum Gasteiger partial charge on any atom is -0.313 e. The van der Waals surface area contributed by atoms with E-state index in [9.17, 15) is 0 Å². The SMILES string of the molecule is Cc1c(CNCCC2CCC2)cnn1C. The van der Waals surface area contributed by atoms with Crippen molar-refractivity contribution in [2.24, 2.45) is 13.0 Å². The van der Waals surface area contributed by atoms with Crippen molar-refractivity contribution in [3.05, 3.63) is 17.5 Å². The van der Waals surface area contributed by atoms with Gasteiger partial charge in [-0.2, -0.15) is 5.10 Å². The van der Waals surface area contributed by atoms with Gasteiger partial charge in [-0.1, -0.05) is 19.3 Å². The highest BCUT2D eigenvalue weighted by Gasteiger charge is 2.16. The molecule has 0 aliphatic heterocycles. The Labute approximate surface area is 91.9 Å². The molecule has 1 aromatic heterocycles. The fraction of sp³-hybridized carbons (Fsp3) is 0.750. The van der Waals surface area contributed by atoms with Crippen LogP contribution < -0.4 is 5.32 Å².